The average Bonchev–Trinajstić information content (AvgIpc) is 2.78. The van der Waals surface area contributed by atoms with E-state index in [2.05, 4.69) is 39.6 Å². The summed E-state index contributed by atoms with van der Waals surface area (Å²) in [6, 6.07) is 15.5. The van der Waals surface area contributed by atoms with E-state index in [1.807, 2.05) is 25.2 Å². The lowest BCUT2D eigenvalue weighted by Gasteiger charge is -2.34. The summed E-state index contributed by atoms with van der Waals surface area (Å²) in [5, 5.41) is 6.98. The molecule has 5 nitrogen and oxygen atoms in total. The lowest BCUT2D eigenvalue weighted by molar-refractivity contribution is 0.414. The SMILES string of the molecule is CN=C(NCCC(C)c1ccc(OC)cc1)NC1CCN(c2cccc(F)c2)CC1.I. The number of aliphatic imine (C=N–C) groups is 1. The van der Waals surface area contributed by atoms with Crippen molar-refractivity contribution in [3.63, 3.8) is 0 Å². The fourth-order valence-electron chi connectivity index (χ4n) is 3.85. The molecule has 170 valence electrons. The fourth-order valence-corrected chi connectivity index (χ4v) is 3.85. The number of ether oxygens (including phenoxy) is 1. The lowest BCUT2D eigenvalue weighted by Crippen LogP contribution is -2.49. The van der Waals surface area contributed by atoms with Crippen LogP contribution in [0.15, 0.2) is 53.5 Å². The van der Waals surface area contributed by atoms with Gasteiger partial charge in [0.15, 0.2) is 5.96 Å². The maximum Gasteiger partial charge on any atom is 0.191 e. The first-order chi connectivity index (χ1) is 14.6. The molecule has 1 aliphatic heterocycles. The first kappa shape index (κ1) is 25.2. The van der Waals surface area contributed by atoms with Crippen LogP contribution in [0.25, 0.3) is 0 Å². The number of piperidine rings is 1. The van der Waals surface area contributed by atoms with Crippen LogP contribution in [0.1, 0.15) is 37.7 Å². The van der Waals surface area contributed by atoms with Crippen LogP contribution in [0, 0.1) is 5.82 Å². The Hall–Kier alpha value is -2.03. The summed E-state index contributed by atoms with van der Waals surface area (Å²) in [5.74, 6) is 2.01. The Kier molecular flexibility index (Phi) is 10.4. The molecule has 7 heteroatoms. The van der Waals surface area contributed by atoms with Crippen molar-refractivity contribution in [2.75, 3.05) is 38.7 Å². The van der Waals surface area contributed by atoms with Gasteiger partial charge in [0, 0.05) is 38.4 Å². The minimum atomic E-state index is -0.179. The molecule has 31 heavy (non-hydrogen) atoms. The molecular formula is C24H34FIN4O. The molecule has 2 aromatic carbocycles. The topological polar surface area (TPSA) is 48.9 Å². The van der Waals surface area contributed by atoms with Crippen LogP contribution in [0.5, 0.6) is 5.75 Å². The van der Waals surface area contributed by atoms with Gasteiger partial charge in [0.1, 0.15) is 11.6 Å². The zero-order valence-electron chi connectivity index (χ0n) is 18.6. The van der Waals surface area contributed by atoms with Gasteiger partial charge >= 0.3 is 0 Å². The van der Waals surface area contributed by atoms with Gasteiger partial charge in [-0.25, -0.2) is 4.39 Å². The van der Waals surface area contributed by atoms with E-state index in [9.17, 15) is 4.39 Å². The molecule has 2 N–H and O–H groups in total. The van der Waals surface area contributed by atoms with Crippen molar-refractivity contribution in [2.45, 2.75) is 38.1 Å². The molecule has 2 aromatic rings. The van der Waals surface area contributed by atoms with Crippen LogP contribution < -0.4 is 20.3 Å². The quantitative estimate of drug-likeness (QED) is 0.302. The lowest BCUT2D eigenvalue weighted by atomic mass is 9.98. The summed E-state index contributed by atoms with van der Waals surface area (Å²) in [6.07, 6.45) is 3.02. The maximum absolute atomic E-state index is 13.5. The zero-order valence-corrected chi connectivity index (χ0v) is 20.9. The number of guanidine groups is 1. The molecule has 0 bridgehead atoms. The number of anilines is 1. The first-order valence-corrected chi connectivity index (χ1v) is 10.7. The second-order valence-electron chi connectivity index (χ2n) is 7.85. The molecule has 1 unspecified atom stereocenters. The highest BCUT2D eigenvalue weighted by Gasteiger charge is 2.20. The molecule has 1 aliphatic rings. The van der Waals surface area contributed by atoms with Crippen LogP contribution in [0.4, 0.5) is 10.1 Å². The molecule has 0 radical (unpaired) electrons. The van der Waals surface area contributed by atoms with Crippen LogP contribution in [-0.2, 0) is 0 Å². The highest BCUT2D eigenvalue weighted by molar-refractivity contribution is 14.0. The Balaban J connectivity index is 0.00000341. The number of benzene rings is 2. The standard InChI is InChI=1S/C24H33FN4O.HI/c1-18(19-7-9-23(30-3)10-8-19)11-14-27-24(26-2)28-21-12-15-29(16-13-21)22-6-4-5-20(25)17-22;/h4-10,17-18,21H,11-16H2,1-3H3,(H2,26,27,28);1H. The minimum absolute atomic E-state index is 0. The van der Waals surface area contributed by atoms with E-state index in [0.29, 0.717) is 12.0 Å². The van der Waals surface area contributed by atoms with Gasteiger partial charge in [0.2, 0.25) is 0 Å². The van der Waals surface area contributed by atoms with Crippen molar-refractivity contribution in [2.24, 2.45) is 4.99 Å². The van der Waals surface area contributed by atoms with Crippen LogP contribution >= 0.6 is 24.0 Å². The largest absolute Gasteiger partial charge is 0.497 e. The van der Waals surface area contributed by atoms with Crippen LogP contribution in [0.3, 0.4) is 0 Å². The number of rotatable bonds is 7. The Morgan fingerprint density at radius 3 is 2.52 bits per heavy atom. The zero-order chi connectivity index (χ0) is 21.3. The van der Waals surface area contributed by atoms with E-state index in [4.69, 9.17) is 4.74 Å². The molecule has 0 amide bonds. The fraction of sp³-hybridized carbons (Fsp3) is 0.458. The Morgan fingerprint density at radius 2 is 1.90 bits per heavy atom. The molecular weight excluding hydrogens is 506 g/mol. The van der Waals surface area contributed by atoms with Gasteiger partial charge in [0.05, 0.1) is 7.11 Å². The number of nitrogens with zero attached hydrogens (tertiary/aromatic N) is 2. The van der Waals surface area contributed by atoms with Crippen molar-refractivity contribution in [1.82, 2.24) is 10.6 Å². The van der Waals surface area contributed by atoms with E-state index >= 15 is 0 Å². The molecule has 0 aliphatic carbocycles. The van der Waals surface area contributed by atoms with E-state index in [1.54, 1.807) is 19.2 Å². The molecule has 0 saturated carbocycles. The van der Waals surface area contributed by atoms with Crippen molar-refractivity contribution in [3.05, 3.63) is 59.9 Å². The van der Waals surface area contributed by atoms with Gasteiger partial charge in [-0.05, 0) is 61.1 Å². The summed E-state index contributed by atoms with van der Waals surface area (Å²) in [7, 11) is 3.50. The van der Waals surface area contributed by atoms with Gasteiger partial charge in [-0.3, -0.25) is 4.99 Å². The highest BCUT2D eigenvalue weighted by atomic mass is 127. The van der Waals surface area contributed by atoms with Crippen molar-refractivity contribution >= 4 is 35.6 Å². The van der Waals surface area contributed by atoms with Gasteiger partial charge in [-0.2, -0.15) is 0 Å². The van der Waals surface area contributed by atoms with Crippen molar-refractivity contribution in [1.29, 1.82) is 0 Å². The Bertz CT molecular complexity index is 823. The number of hydrogen-bond donors (Lipinski definition) is 2. The maximum atomic E-state index is 13.5. The third kappa shape index (κ3) is 7.55. The van der Waals surface area contributed by atoms with Gasteiger partial charge in [-0.15, -0.1) is 24.0 Å². The van der Waals surface area contributed by atoms with Gasteiger partial charge < -0.3 is 20.3 Å². The third-order valence-electron chi connectivity index (χ3n) is 5.79. The monoisotopic (exact) mass is 540 g/mol. The summed E-state index contributed by atoms with van der Waals surface area (Å²) in [4.78, 5) is 6.62. The van der Waals surface area contributed by atoms with Crippen LogP contribution in [0.2, 0.25) is 0 Å². The predicted octanol–water partition coefficient (Wildman–Crippen LogP) is 4.78. The van der Waals surface area contributed by atoms with E-state index < -0.39 is 0 Å². The summed E-state index contributed by atoms with van der Waals surface area (Å²) >= 11 is 0. The highest BCUT2D eigenvalue weighted by Crippen LogP contribution is 2.22. The van der Waals surface area contributed by atoms with Gasteiger partial charge in [-0.1, -0.05) is 25.1 Å². The first-order valence-electron chi connectivity index (χ1n) is 10.7. The second kappa shape index (κ2) is 12.7. The van der Waals surface area contributed by atoms with Gasteiger partial charge in [0.25, 0.3) is 0 Å². The average molecular weight is 540 g/mol. The predicted molar refractivity (Wildman–Crippen MR) is 138 cm³/mol. The number of nitrogens with one attached hydrogen (secondary N) is 2. The summed E-state index contributed by atoms with van der Waals surface area (Å²) in [5.41, 5.74) is 2.27. The smallest absolute Gasteiger partial charge is 0.191 e. The summed E-state index contributed by atoms with van der Waals surface area (Å²) < 4.78 is 18.7. The molecule has 0 spiro atoms. The van der Waals surface area contributed by atoms with E-state index in [0.717, 1.165) is 56.3 Å². The third-order valence-corrected chi connectivity index (χ3v) is 5.79. The second-order valence-corrected chi connectivity index (χ2v) is 7.85. The van der Waals surface area contributed by atoms with E-state index in [-0.39, 0.29) is 29.8 Å². The Morgan fingerprint density at radius 1 is 1.19 bits per heavy atom. The molecule has 1 atom stereocenters. The molecule has 1 heterocycles. The van der Waals surface area contributed by atoms with Crippen molar-refractivity contribution < 1.29 is 9.13 Å². The van der Waals surface area contributed by atoms with Crippen molar-refractivity contribution in [3.8, 4) is 5.75 Å². The normalized spacial score (nSPS) is 15.7. The van der Waals surface area contributed by atoms with Crippen LogP contribution in [-0.4, -0.2) is 45.8 Å². The number of hydrogen-bond acceptors (Lipinski definition) is 3. The minimum Gasteiger partial charge on any atom is -0.497 e. The number of halogens is 2. The molecule has 3 rings (SSSR count). The number of methoxy groups -OCH3 is 1. The Labute approximate surface area is 202 Å². The molecule has 0 aromatic heterocycles. The molecule has 1 saturated heterocycles. The molecule has 1 fully saturated rings. The summed E-state index contributed by atoms with van der Waals surface area (Å²) in [6.45, 7) is 4.91. The van der Waals surface area contributed by atoms with E-state index in [1.165, 1.54) is 11.6 Å².